The highest BCUT2D eigenvalue weighted by Gasteiger charge is 2.45. The average molecular weight is 493 g/mol. The number of oxazole rings is 1. The summed E-state index contributed by atoms with van der Waals surface area (Å²) in [6.45, 7) is 1.38. The summed E-state index contributed by atoms with van der Waals surface area (Å²) in [4.78, 5) is 38.8. The molecular weight excluding hydrogens is 472 g/mol. The number of hydrazine groups is 1. The van der Waals surface area contributed by atoms with Crippen LogP contribution in [0.1, 0.15) is 33.9 Å². The van der Waals surface area contributed by atoms with Gasteiger partial charge in [-0.2, -0.15) is 0 Å². The highest BCUT2D eigenvalue weighted by Crippen LogP contribution is 2.30. The monoisotopic (exact) mass is 492 g/mol. The van der Waals surface area contributed by atoms with Crippen LogP contribution in [0.3, 0.4) is 0 Å². The molecule has 0 saturated carbocycles. The Hall–Kier alpha value is -3.80. The van der Waals surface area contributed by atoms with E-state index in [0.29, 0.717) is 32.5 Å². The Morgan fingerprint density at radius 3 is 2.56 bits per heavy atom. The van der Waals surface area contributed by atoms with Gasteiger partial charge in [-0.05, 0) is 12.8 Å². The number of likely N-dealkylation sites (tertiary alicyclic amines) is 1. The summed E-state index contributed by atoms with van der Waals surface area (Å²) in [5.74, 6) is 15.2. The lowest BCUT2D eigenvalue weighted by atomic mass is 9.88. The number of hydrogen-bond acceptors (Lipinski definition) is 13. The Balaban J connectivity index is 1.43. The van der Waals surface area contributed by atoms with Gasteiger partial charge < -0.3 is 26.3 Å². The summed E-state index contributed by atoms with van der Waals surface area (Å²) in [6.07, 6.45) is 3.06. The number of nitrogens with zero attached hydrogens (tertiary/aromatic N) is 9. The van der Waals surface area contributed by atoms with E-state index in [1.807, 2.05) is 0 Å². The third kappa shape index (κ3) is 4.62. The molecule has 0 aliphatic carbocycles. The largest absolute Gasteiger partial charge is 0.438 e. The Bertz CT molecular complexity index is 1110. The van der Waals surface area contributed by atoms with Crippen LogP contribution in [0.15, 0.2) is 37.7 Å². The molecule has 1 atom stereocenters. The SMILES string of the molecule is NN=Nc1nc(N=NN)c(C(=O)NC2NC3(CCN(C(=O)c4cnco4)CC3)CN2N)nc1Cl. The average Bonchev–Trinajstić information content (AvgIpc) is 3.45. The molecule has 2 aliphatic rings. The fraction of sp³-hybridized carbons (Fsp3) is 0.438. The number of nitrogens with two attached hydrogens (primary N) is 3. The van der Waals surface area contributed by atoms with Crippen molar-refractivity contribution in [3.8, 4) is 0 Å². The van der Waals surface area contributed by atoms with Crippen molar-refractivity contribution in [1.82, 2.24) is 35.5 Å². The maximum atomic E-state index is 12.9. The number of carbonyl (C=O) groups excluding carboxylic acids is 2. The second-order valence-corrected chi connectivity index (χ2v) is 7.93. The van der Waals surface area contributed by atoms with Gasteiger partial charge in [-0.15, -0.1) is 10.2 Å². The Labute approximate surface area is 196 Å². The summed E-state index contributed by atoms with van der Waals surface area (Å²) >= 11 is 6.00. The first-order valence-electron chi connectivity index (χ1n) is 9.93. The fourth-order valence-corrected chi connectivity index (χ4v) is 4.05. The van der Waals surface area contributed by atoms with Crippen LogP contribution in [0.25, 0.3) is 0 Å². The van der Waals surface area contributed by atoms with Crippen molar-refractivity contribution in [3.63, 3.8) is 0 Å². The molecule has 8 N–H and O–H groups in total. The van der Waals surface area contributed by atoms with E-state index in [0.717, 1.165) is 0 Å². The van der Waals surface area contributed by atoms with Crippen LogP contribution < -0.4 is 28.2 Å². The van der Waals surface area contributed by atoms with Gasteiger partial charge in [-0.1, -0.05) is 22.0 Å². The molecule has 2 saturated heterocycles. The third-order valence-electron chi connectivity index (χ3n) is 5.52. The summed E-state index contributed by atoms with van der Waals surface area (Å²) in [6, 6.07) is 0. The fourth-order valence-electron chi connectivity index (χ4n) is 3.88. The van der Waals surface area contributed by atoms with Crippen molar-refractivity contribution < 1.29 is 14.0 Å². The quantitative estimate of drug-likeness (QED) is 0.202. The molecule has 1 unspecified atom stereocenters. The maximum absolute atomic E-state index is 12.9. The first kappa shape index (κ1) is 23.4. The van der Waals surface area contributed by atoms with E-state index in [1.54, 1.807) is 4.90 Å². The molecule has 2 amide bonds. The Kier molecular flexibility index (Phi) is 6.59. The second-order valence-electron chi connectivity index (χ2n) is 7.57. The zero-order chi connectivity index (χ0) is 24.3. The molecule has 4 rings (SSSR count). The normalized spacial score (nSPS) is 20.5. The predicted molar refractivity (Wildman–Crippen MR) is 114 cm³/mol. The van der Waals surface area contributed by atoms with E-state index in [9.17, 15) is 9.59 Å². The van der Waals surface area contributed by atoms with Crippen LogP contribution in [0.5, 0.6) is 0 Å². The van der Waals surface area contributed by atoms with E-state index < -0.39 is 17.7 Å². The van der Waals surface area contributed by atoms with Gasteiger partial charge in [0.25, 0.3) is 11.8 Å². The number of aromatic nitrogens is 3. The zero-order valence-electron chi connectivity index (χ0n) is 17.6. The molecule has 2 aliphatic heterocycles. The standard InChI is InChI=1S/C16H21ClN14O3/c17-10-12(27-29-19)23-11(26-28-18)9(22-10)13(32)24-15-25-16(6-31(15)20)1-3-30(4-2-16)14(33)8-5-21-7-34-8/h5,7,15,25H,1-4,6,20H2,(H,24,32)(H4,18,19,23,26,27). The zero-order valence-corrected chi connectivity index (χ0v) is 18.4. The van der Waals surface area contributed by atoms with Crippen LogP contribution in [0.2, 0.25) is 5.15 Å². The lowest BCUT2D eigenvalue weighted by Crippen LogP contribution is -2.57. The number of hydrogen-bond donors (Lipinski definition) is 5. The molecule has 0 radical (unpaired) electrons. The van der Waals surface area contributed by atoms with E-state index in [4.69, 9.17) is 33.5 Å². The van der Waals surface area contributed by atoms with Gasteiger partial charge in [0.1, 0.15) is 6.29 Å². The van der Waals surface area contributed by atoms with Gasteiger partial charge >= 0.3 is 0 Å². The number of carbonyl (C=O) groups is 2. The molecule has 17 nitrogen and oxygen atoms in total. The molecule has 34 heavy (non-hydrogen) atoms. The molecule has 4 heterocycles. The number of amides is 2. The summed E-state index contributed by atoms with van der Waals surface area (Å²) < 4.78 is 5.09. The van der Waals surface area contributed by atoms with Gasteiger partial charge in [-0.25, -0.2) is 20.0 Å². The second kappa shape index (κ2) is 9.59. The molecular formula is C16H21ClN14O3. The van der Waals surface area contributed by atoms with Gasteiger partial charge in [0.2, 0.25) is 17.4 Å². The van der Waals surface area contributed by atoms with Crippen LogP contribution in [0, 0.1) is 0 Å². The maximum Gasteiger partial charge on any atom is 0.291 e. The number of nitrogens with one attached hydrogen (secondary N) is 2. The van der Waals surface area contributed by atoms with Crippen LogP contribution in [-0.4, -0.2) is 68.1 Å². The highest BCUT2D eigenvalue weighted by molar-refractivity contribution is 6.31. The van der Waals surface area contributed by atoms with Gasteiger partial charge in [0.05, 0.1) is 6.20 Å². The van der Waals surface area contributed by atoms with Crippen molar-refractivity contribution in [3.05, 3.63) is 29.2 Å². The van der Waals surface area contributed by atoms with Crippen molar-refractivity contribution in [2.75, 3.05) is 19.6 Å². The molecule has 0 bridgehead atoms. The molecule has 2 fully saturated rings. The highest BCUT2D eigenvalue weighted by atomic mass is 35.5. The van der Waals surface area contributed by atoms with Crippen molar-refractivity contribution in [2.45, 2.75) is 24.7 Å². The van der Waals surface area contributed by atoms with Crippen LogP contribution in [-0.2, 0) is 0 Å². The van der Waals surface area contributed by atoms with E-state index >= 15 is 0 Å². The lowest BCUT2D eigenvalue weighted by molar-refractivity contribution is 0.0627. The number of rotatable bonds is 5. The minimum absolute atomic E-state index is 0.159. The summed E-state index contributed by atoms with van der Waals surface area (Å²) in [5.41, 5.74) is -0.668. The lowest BCUT2D eigenvalue weighted by Gasteiger charge is -2.38. The number of piperidine rings is 1. The van der Waals surface area contributed by atoms with Crippen molar-refractivity contribution in [2.24, 2.45) is 38.2 Å². The Morgan fingerprint density at radius 1 is 1.21 bits per heavy atom. The minimum Gasteiger partial charge on any atom is -0.438 e. The predicted octanol–water partition coefficient (Wildman–Crippen LogP) is -0.500. The first-order chi connectivity index (χ1) is 16.4. The number of halogens is 1. The third-order valence-corrected chi connectivity index (χ3v) is 5.77. The van der Waals surface area contributed by atoms with Gasteiger partial charge in [0.15, 0.2) is 17.2 Å². The van der Waals surface area contributed by atoms with Crippen molar-refractivity contribution in [1.29, 1.82) is 0 Å². The Morgan fingerprint density at radius 2 is 1.91 bits per heavy atom. The van der Waals surface area contributed by atoms with E-state index in [-0.39, 0.29) is 34.2 Å². The molecule has 2 aromatic rings. The summed E-state index contributed by atoms with van der Waals surface area (Å²) in [7, 11) is 0. The smallest absolute Gasteiger partial charge is 0.291 e. The van der Waals surface area contributed by atoms with E-state index in [2.05, 4.69) is 46.3 Å². The van der Waals surface area contributed by atoms with Gasteiger partial charge in [-0.3, -0.25) is 20.7 Å². The minimum atomic E-state index is -0.740. The topological polar surface area (TPSA) is 244 Å². The first-order valence-corrected chi connectivity index (χ1v) is 10.3. The summed E-state index contributed by atoms with van der Waals surface area (Å²) in [5, 5.41) is 20.6. The van der Waals surface area contributed by atoms with Crippen LogP contribution in [0.4, 0.5) is 11.6 Å². The van der Waals surface area contributed by atoms with E-state index in [1.165, 1.54) is 17.6 Å². The molecule has 18 heteroatoms. The molecule has 1 spiro atoms. The van der Waals surface area contributed by atoms with Crippen molar-refractivity contribution >= 4 is 35.1 Å². The molecule has 180 valence electrons. The van der Waals surface area contributed by atoms with Crippen LogP contribution >= 0.6 is 11.6 Å². The molecule has 0 aromatic carbocycles. The van der Waals surface area contributed by atoms with Gasteiger partial charge in [0, 0.05) is 25.2 Å². The molecule has 2 aromatic heterocycles.